The molecular formula is C25H28N2O4S2. The predicted octanol–water partition coefficient (Wildman–Crippen LogP) is 4.53. The van der Waals surface area contributed by atoms with Crippen LogP contribution in [-0.4, -0.2) is 38.8 Å². The molecule has 1 fully saturated rings. The smallest absolute Gasteiger partial charge is 0.230 e. The fourth-order valence-corrected chi connectivity index (χ4v) is 6.35. The zero-order valence-corrected chi connectivity index (χ0v) is 20.2. The Hall–Kier alpha value is -2.68. The van der Waals surface area contributed by atoms with E-state index < -0.39 is 10.0 Å². The van der Waals surface area contributed by atoms with Gasteiger partial charge in [-0.05, 0) is 54.1 Å². The van der Waals surface area contributed by atoms with Gasteiger partial charge in [-0.1, -0.05) is 36.4 Å². The number of anilines is 1. The summed E-state index contributed by atoms with van der Waals surface area (Å²) in [5.74, 6) is 0.547. The van der Waals surface area contributed by atoms with Gasteiger partial charge in [0.1, 0.15) is 5.75 Å². The monoisotopic (exact) mass is 484 g/mol. The van der Waals surface area contributed by atoms with Gasteiger partial charge in [-0.2, -0.15) is 0 Å². The van der Waals surface area contributed by atoms with Crippen molar-refractivity contribution in [3.63, 3.8) is 0 Å². The summed E-state index contributed by atoms with van der Waals surface area (Å²) in [5.41, 5.74) is 1.59. The van der Waals surface area contributed by atoms with E-state index in [1.807, 2.05) is 77.0 Å². The Kier molecular flexibility index (Phi) is 7.47. The summed E-state index contributed by atoms with van der Waals surface area (Å²) < 4.78 is 32.5. The molecule has 1 amide bonds. The topological polar surface area (TPSA) is 66.9 Å². The van der Waals surface area contributed by atoms with Gasteiger partial charge in [0.25, 0.3) is 0 Å². The molecule has 1 saturated heterocycles. The van der Waals surface area contributed by atoms with E-state index in [0.29, 0.717) is 32.5 Å². The molecule has 8 heteroatoms. The first kappa shape index (κ1) is 23.5. The van der Waals surface area contributed by atoms with Gasteiger partial charge < -0.3 is 9.64 Å². The number of hydrogen-bond acceptors (Lipinski definition) is 5. The third-order valence-corrected chi connectivity index (χ3v) is 8.64. The van der Waals surface area contributed by atoms with Crippen LogP contribution in [0.15, 0.2) is 72.1 Å². The number of carbonyl (C=O) groups excluding carboxylic acids is 1. The Morgan fingerprint density at radius 3 is 2.33 bits per heavy atom. The van der Waals surface area contributed by atoms with E-state index in [2.05, 4.69) is 0 Å². The molecule has 6 nitrogen and oxygen atoms in total. The maximum atomic E-state index is 13.6. The van der Waals surface area contributed by atoms with E-state index in [4.69, 9.17) is 4.74 Å². The number of nitrogens with zero attached hydrogens (tertiary/aromatic N) is 2. The Bertz CT molecular complexity index is 1140. The van der Waals surface area contributed by atoms with Crippen molar-refractivity contribution >= 4 is 33.0 Å². The molecule has 1 aromatic heterocycles. The lowest BCUT2D eigenvalue weighted by Gasteiger charge is -2.33. The maximum absolute atomic E-state index is 13.6. The summed E-state index contributed by atoms with van der Waals surface area (Å²) in [7, 11) is -1.80. The quantitative estimate of drug-likeness (QED) is 0.471. The van der Waals surface area contributed by atoms with Gasteiger partial charge in [0.05, 0.1) is 19.4 Å². The SMILES string of the molecule is COc1ccc(N(Cc2cccs2)C(=O)C2CCN(S(=O)(=O)Cc3ccccc3)CC2)cc1. The van der Waals surface area contributed by atoms with Crippen LogP contribution in [-0.2, 0) is 27.1 Å². The van der Waals surface area contributed by atoms with Crippen molar-refractivity contribution in [3.8, 4) is 5.75 Å². The van der Waals surface area contributed by atoms with Crippen LogP contribution in [0.5, 0.6) is 5.75 Å². The Morgan fingerprint density at radius 1 is 1.03 bits per heavy atom. The molecule has 0 atom stereocenters. The zero-order valence-electron chi connectivity index (χ0n) is 18.6. The molecule has 1 aliphatic heterocycles. The van der Waals surface area contributed by atoms with Crippen LogP contribution in [0.25, 0.3) is 0 Å². The van der Waals surface area contributed by atoms with Gasteiger partial charge in [0.15, 0.2) is 0 Å². The summed E-state index contributed by atoms with van der Waals surface area (Å²) in [6.07, 6.45) is 1.04. The molecule has 0 saturated carbocycles. The summed E-state index contributed by atoms with van der Waals surface area (Å²) >= 11 is 1.62. The summed E-state index contributed by atoms with van der Waals surface area (Å²) in [6, 6.07) is 20.7. The maximum Gasteiger partial charge on any atom is 0.230 e. The number of amides is 1. The molecule has 2 aromatic carbocycles. The van der Waals surface area contributed by atoms with Crippen molar-refractivity contribution in [1.29, 1.82) is 0 Å². The first-order chi connectivity index (χ1) is 16.0. The Morgan fingerprint density at radius 2 is 1.73 bits per heavy atom. The van der Waals surface area contributed by atoms with Crippen molar-refractivity contribution in [2.24, 2.45) is 5.92 Å². The molecule has 0 spiro atoms. The Labute approximate surface area is 199 Å². The van der Waals surface area contributed by atoms with Crippen LogP contribution in [0.1, 0.15) is 23.3 Å². The number of piperidine rings is 1. The summed E-state index contributed by atoms with van der Waals surface area (Å²) in [4.78, 5) is 16.5. The zero-order chi connectivity index (χ0) is 23.3. The Balaban J connectivity index is 1.45. The number of hydrogen-bond donors (Lipinski definition) is 0. The summed E-state index contributed by atoms with van der Waals surface area (Å²) in [6.45, 7) is 1.22. The first-order valence-electron chi connectivity index (χ1n) is 11.0. The molecule has 174 valence electrons. The lowest BCUT2D eigenvalue weighted by molar-refractivity contribution is -0.123. The van der Waals surface area contributed by atoms with E-state index in [-0.39, 0.29) is 17.6 Å². The number of carbonyl (C=O) groups is 1. The van der Waals surface area contributed by atoms with E-state index in [9.17, 15) is 13.2 Å². The van der Waals surface area contributed by atoms with Gasteiger partial charge in [-0.15, -0.1) is 11.3 Å². The third-order valence-electron chi connectivity index (χ3n) is 5.93. The van der Waals surface area contributed by atoms with Crippen LogP contribution in [0.3, 0.4) is 0 Å². The van der Waals surface area contributed by atoms with Crippen molar-refractivity contribution < 1.29 is 17.9 Å². The second kappa shape index (κ2) is 10.5. The molecule has 4 rings (SSSR count). The largest absolute Gasteiger partial charge is 0.497 e. The van der Waals surface area contributed by atoms with Gasteiger partial charge >= 0.3 is 0 Å². The van der Waals surface area contributed by atoms with Crippen molar-refractivity contribution in [2.45, 2.75) is 25.1 Å². The van der Waals surface area contributed by atoms with Crippen LogP contribution >= 0.6 is 11.3 Å². The highest BCUT2D eigenvalue weighted by Crippen LogP contribution is 2.29. The molecule has 1 aliphatic rings. The number of rotatable bonds is 8. The minimum absolute atomic E-state index is 0.0111. The van der Waals surface area contributed by atoms with Crippen LogP contribution < -0.4 is 9.64 Å². The highest BCUT2D eigenvalue weighted by atomic mass is 32.2. The van der Waals surface area contributed by atoms with Crippen LogP contribution in [0, 0.1) is 5.92 Å². The molecule has 0 aliphatic carbocycles. The van der Waals surface area contributed by atoms with Gasteiger partial charge in [-0.3, -0.25) is 4.79 Å². The number of thiophene rings is 1. The predicted molar refractivity (Wildman–Crippen MR) is 132 cm³/mol. The molecule has 0 bridgehead atoms. The number of ether oxygens (including phenoxy) is 1. The standard InChI is InChI=1S/C25H28N2O4S2/c1-31-23-11-9-22(10-12-23)27(18-24-8-5-17-32-24)25(28)21-13-15-26(16-14-21)33(29,30)19-20-6-3-2-4-7-20/h2-12,17,21H,13-16,18-19H2,1H3. The molecule has 33 heavy (non-hydrogen) atoms. The third kappa shape index (κ3) is 5.82. The van der Waals surface area contributed by atoms with Crippen LogP contribution in [0.2, 0.25) is 0 Å². The minimum atomic E-state index is -3.41. The first-order valence-corrected chi connectivity index (χ1v) is 13.4. The average Bonchev–Trinajstić information content (AvgIpc) is 3.36. The van der Waals surface area contributed by atoms with Crippen molar-refractivity contribution in [2.75, 3.05) is 25.1 Å². The number of methoxy groups -OCH3 is 1. The van der Waals surface area contributed by atoms with Gasteiger partial charge in [0.2, 0.25) is 15.9 Å². The molecule has 2 heterocycles. The fourth-order valence-electron chi connectivity index (χ4n) is 4.09. The van der Waals surface area contributed by atoms with E-state index in [1.54, 1.807) is 18.4 Å². The van der Waals surface area contributed by atoms with E-state index >= 15 is 0 Å². The van der Waals surface area contributed by atoms with Crippen LogP contribution in [0.4, 0.5) is 5.69 Å². The molecule has 0 N–H and O–H groups in total. The lowest BCUT2D eigenvalue weighted by atomic mass is 9.96. The number of sulfonamides is 1. The summed E-state index contributed by atoms with van der Waals surface area (Å²) in [5, 5.41) is 2.00. The molecule has 0 radical (unpaired) electrons. The van der Waals surface area contributed by atoms with E-state index in [0.717, 1.165) is 21.9 Å². The molecular weight excluding hydrogens is 456 g/mol. The highest BCUT2D eigenvalue weighted by molar-refractivity contribution is 7.88. The highest BCUT2D eigenvalue weighted by Gasteiger charge is 2.33. The molecule has 3 aromatic rings. The van der Waals surface area contributed by atoms with E-state index in [1.165, 1.54) is 4.31 Å². The second-order valence-corrected chi connectivity index (χ2v) is 11.1. The second-order valence-electron chi connectivity index (χ2n) is 8.12. The molecule has 0 unspecified atom stereocenters. The van der Waals surface area contributed by atoms with Gasteiger partial charge in [-0.25, -0.2) is 12.7 Å². The average molecular weight is 485 g/mol. The minimum Gasteiger partial charge on any atom is -0.497 e. The van der Waals surface area contributed by atoms with Crippen molar-refractivity contribution in [1.82, 2.24) is 4.31 Å². The van der Waals surface area contributed by atoms with Gasteiger partial charge in [0, 0.05) is 29.6 Å². The van der Waals surface area contributed by atoms with Crippen molar-refractivity contribution in [3.05, 3.63) is 82.6 Å². The number of benzene rings is 2. The fraction of sp³-hybridized carbons (Fsp3) is 0.320. The normalized spacial score (nSPS) is 15.3. The lowest BCUT2D eigenvalue weighted by Crippen LogP contribution is -2.44.